The van der Waals surface area contributed by atoms with Gasteiger partial charge in [0, 0.05) is 49.3 Å². The highest BCUT2D eigenvalue weighted by Crippen LogP contribution is 2.27. The molecule has 2 aromatic rings. The van der Waals surface area contributed by atoms with Crippen molar-refractivity contribution in [1.82, 2.24) is 14.3 Å². The van der Waals surface area contributed by atoms with Gasteiger partial charge in [0.2, 0.25) is 10.0 Å². The average Bonchev–Trinajstić information content (AvgIpc) is 2.54. The number of rotatable bonds is 3. The Hall–Kier alpha value is -0.960. The Morgan fingerprint density at radius 2 is 1.88 bits per heavy atom. The van der Waals surface area contributed by atoms with Crippen molar-refractivity contribution in [2.45, 2.75) is 23.8 Å². The fraction of sp³-hybridized carbons (Fsp3) is 0.400. The number of hydrogen-bond donors (Lipinski definition) is 1. The Morgan fingerprint density at radius 1 is 1.21 bits per heavy atom. The molecule has 0 amide bonds. The van der Waals surface area contributed by atoms with Crippen molar-refractivity contribution >= 4 is 45.6 Å². The molecule has 2 heterocycles. The monoisotopic (exact) mass is 392 g/mol. The molecule has 1 saturated heterocycles. The summed E-state index contributed by atoms with van der Waals surface area (Å²) in [6, 6.07) is 7.29. The summed E-state index contributed by atoms with van der Waals surface area (Å²) in [5.41, 5.74) is 0. The summed E-state index contributed by atoms with van der Waals surface area (Å²) in [6.07, 6.45) is 4.80. The van der Waals surface area contributed by atoms with E-state index in [0.717, 1.165) is 23.6 Å². The summed E-state index contributed by atoms with van der Waals surface area (Å²) in [7, 11) is -1.67. The molecular formula is C15H22Cl2N4O2S. The van der Waals surface area contributed by atoms with Crippen molar-refractivity contribution in [2.24, 2.45) is 5.84 Å². The van der Waals surface area contributed by atoms with E-state index in [1.165, 1.54) is 0 Å². The van der Waals surface area contributed by atoms with Gasteiger partial charge in [0.15, 0.2) is 0 Å². The minimum Gasteiger partial charge on any atom is -0.269 e. The number of halogens is 2. The molecule has 24 heavy (non-hydrogen) atoms. The highest BCUT2D eigenvalue weighted by molar-refractivity contribution is 7.89. The molecule has 0 spiro atoms. The van der Waals surface area contributed by atoms with Crippen molar-refractivity contribution in [1.29, 1.82) is 0 Å². The van der Waals surface area contributed by atoms with Crippen LogP contribution in [0.4, 0.5) is 0 Å². The van der Waals surface area contributed by atoms with Gasteiger partial charge in [-0.3, -0.25) is 10.8 Å². The van der Waals surface area contributed by atoms with Crippen LogP contribution < -0.4 is 5.84 Å². The van der Waals surface area contributed by atoms with Crippen LogP contribution in [0.15, 0.2) is 41.6 Å². The molecule has 0 unspecified atom stereocenters. The second-order valence-electron chi connectivity index (χ2n) is 5.65. The number of aromatic nitrogens is 1. The van der Waals surface area contributed by atoms with E-state index in [4.69, 9.17) is 5.84 Å². The molecule has 1 aliphatic heterocycles. The predicted molar refractivity (Wildman–Crippen MR) is 100.0 cm³/mol. The number of nitrogens with zero attached hydrogens (tertiary/aromatic N) is 3. The lowest BCUT2D eigenvalue weighted by Crippen LogP contribution is -2.47. The highest BCUT2D eigenvalue weighted by Gasteiger charge is 2.31. The molecule has 9 heteroatoms. The van der Waals surface area contributed by atoms with Crippen LogP contribution in [0.25, 0.3) is 10.8 Å². The van der Waals surface area contributed by atoms with Crippen LogP contribution in [-0.4, -0.2) is 48.9 Å². The molecule has 3 rings (SSSR count). The summed E-state index contributed by atoms with van der Waals surface area (Å²) in [5, 5.41) is 3.23. The molecule has 1 fully saturated rings. The van der Waals surface area contributed by atoms with E-state index in [-0.39, 0.29) is 30.9 Å². The first kappa shape index (κ1) is 21.1. The van der Waals surface area contributed by atoms with Gasteiger partial charge in [-0.25, -0.2) is 13.4 Å². The highest BCUT2D eigenvalue weighted by atomic mass is 35.5. The minimum absolute atomic E-state index is 0. The third-order valence-corrected chi connectivity index (χ3v) is 6.21. The Bertz CT molecular complexity index is 773. The number of piperidine rings is 1. The second kappa shape index (κ2) is 8.42. The van der Waals surface area contributed by atoms with E-state index < -0.39 is 10.0 Å². The SMILES string of the molecule is CN(N)C1CCN(S(=O)(=O)c2cccc3cnccc23)CC1.Cl.Cl. The Morgan fingerprint density at radius 3 is 2.50 bits per heavy atom. The third kappa shape index (κ3) is 3.99. The molecule has 0 saturated carbocycles. The van der Waals surface area contributed by atoms with E-state index >= 15 is 0 Å². The van der Waals surface area contributed by atoms with Crippen LogP contribution in [0.3, 0.4) is 0 Å². The van der Waals surface area contributed by atoms with Gasteiger partial charge in [0.1, 0.15) is 0 Å². The van der Waals surface area contributed by atoms with Gasteiger partial charge in [-0.05, 0) is 25.0 Å². The predicted octanol–water partition coefficient (Wildman–Crippen LogP) is 2.04. The maximum Gasteiger partial charge on any atom is 0.243 e. The Balaban J connectivity index is 0.00000144. The number of fused-ring (bicyclic) bond motifs is 1. The zero-order chi connectivity index (χ0) is 15.7. The number of hydrazine groups is 1. The summed E-state index contributed by atoms with van der Waals surface area (Å²) in [6.45, 7) is 0.992. The molecule has 0 radical (unpaired) electrons. The molecule has 1 aromatic heterocycles. The fourth-order valence-electron chi connectivity index (χ4n) is 2.95. The van der Waals surface area contributed by atoms with Crippen LogP contribution in [0.2, 0.25) is 0 Å². The van der Waals surface area contributed by atoms with Crippen molar-refractivity contribution in [3.63, 3.8) is 0 Å². The van der Waals surface area contributed by atoms with Crippen molar-refractivity contribution in [3.8, 4) is 0 Å². The number of hydrogen-bond acceptors (Lipinski definition) is 5. The largest absolute Gasteiger partial charge is 0.269 e. The minimum atomic E-state index is -3.49. The number of sulfonamides is 1. The van der Waals surface area contributed by atoms with Crippen LogP contribution in [0, 0.1) is 0 Å². The first-order chi connectivity index (χ1) is 10.5. The van der Waals surface area contributed by atoms with E-state index in [1.807, 2.05) is 13.1 Å². The Kier molecular flexibility index (Phi) is 7.40. The fourth-order valence-corrected chi connectivity index (χ4v) is 4.63. The second-order valence-corrected chi connectivity index (χ2v) is 7.56. The number of benzene rings is 1. The summed E-state index contributed by atoms with van der Waals surface area (Å²) in [5.74, 6) is 5.77. The topological polar surface area (TPSA) is 79.5 Å². The van der Waals surface area contributed by atoms with Crippen molar-refractivity contribution in [2.75, 3.05) is 20.1 Å². The average molecular weight is 393 g/mol. The molecule has 0 bridgehead atoms. The van der Waals surface area contributed by atoms with Gasteiger partial charge in [-0.2, -0.15) is 4.31 Å². The van der Waals surface area contributed by atoms with E-state index in [0.29, 0.717) is 18.0 Å². The Labute approximate surface area is 154 Å². The molecule has 2 N–H and O–H groups in total. The molecule has 1 aliphatic rings. The standard InChI is InChI=1S/C15H20N4O2S.2ClH/c1-18(16)13-6-9-19(10-7-13)22(20,21)15-4-2-3-12-11-17-8-5-14(12)15;;/h2-5,8,11,13H,6-7,9-10,16H2,1H3;2*1H. The van der Waals surface area contributed by atoms with Gasteiger partial charge in [0.05, 0.1) is 4.90 Å². The van der Waals surface area contributed by atoms with E-state index in [2.05, 4.69) is 4.98 Å². The van der Waals surface area contributed by atoms with E-state index in [9.17, 15) is 8.42 Å². The van der Waals surface area contributed by atoms with E-state index in [1.54, 1.807) is 39.9 Å². The normalized spacial score (nSPS) is 16.6. The lowest BCUT2D eigenvalue weighted by atomic mass is 10.1. The lowest BCUT2D eigenvalue weighted by molar-refractivity contribution is 0.171. The van der Waals surface area contributed by atoms with Gasteiger partial charge in [-0.1, -0.05) is 12.1 Å². The molecular weight excluding hydrogens is 371 g/mol. The first-order valence-corrected chi connectivity index (χ1v) is 8.74. The van der Waals surface area contributed by atoms with Crippen LogP contribution in [0.1, 0.15) is 12.8 Å². The van der Waals surface area contributed by atoms with Crippen LogP contribution >= 0.6 is 24.8 Å². The summed E-state index contributed by atoms with van der Waals surface area (Å²) in [4.78, 5) is 4.40. The lowest BCUT2D eigenvalue weighted by Gasteiger charge is -2.34. The maximum absolute atomic E-state index is 12.9. The first-order valence-electron chi connectivity index (χ1n) is 7.30. The quantitative estimate of drug-likeness (QED) is 0.638. The molecule has 1 aromatic carbocycles. The van der Waals surface area contributed by atoms with Crippen LogP contribution in [-0.2, 0) is 10.0 Å². The summed E-state index contributed by atoms with van der Waals surface area (Å²) < 4.78 is 27.4. The van der Waals surface area contributed by atoms with Gasteiger partial charge in [-0.15, -0.1) is 24.8 Å². The zero-order valence-electron chi connectivity index (χ0n) is 13.3. The van der Waals surface area contributed by atoms with Gasteiger partial charge in [0.25, 0.3) is 0 Å². The molecule has 0 aliphatic carbocycles. The van der Waals surface area contributed by atoms with Crippen molar-refractivity contribution < 1.29 is 8.42 Å². The number of nitrogens with two attached hydrogens (primary N) is 1. The van der Waals surface area contributed by atoms with Gasteiger partial charge < -0.3 is 0 Å². The summed E-state index contributed by atoms with van der Waals surface area (Å²) >= 11 is 0. The third-order valence-electron chi connectivity index (χ3n) is 4.26. The van der Waals surface area contributed by atoms with Crippen molar-refractivity contribution in [3.05, 3.63) is 36.7 Å². The smallest absolute Gasteiger partial charge is 0.243 e. The molecule has 0 atom stereocenters. The zero-order valence-corrected chi connectivity index (χ0v) is 15.8. The van der Waals surface area contributed by atoms with Crippen LogP contribution in [0.5, 0.6) is 0 Å². The molecule has 134 valence electrons. The maximum atomic E-state index is 12.9. The van der Waals surface area contributed by atoms with Gasteiger partial charge >= 0.3 is 0 Å². The molecule has 6 nitrogen and oxygen atoms in total. The number of pyridine rings is 1.